The number of fused-ring (bicyclic) bond motifs is 1. The summed E-state index contributed by atoms with van der Waals surface area (Å²) in [5, 5.41) is 2.96. The number of imidazole rings is 1. The van der Waals surface area contributed by atoms with Crippen molar-refractivity contribution in [1.29, 1.82) is 0 Å². The summed E-state index contributed by atoms with van der Waals surface area (Å²) in [7, 11) is 0. The van der Waals surface area contributed by atoms with E-state index in [2.05, 4.69) is 27.3 Å². The first kappa shape index (κ1) is 42.3. The first-order valence-corrected chi connectivity index (χ1v) is 20.8. The van der Waals surface area contributed by atoms with Gasteiger partial charge in [0.1, 0.15) is 17.2 Å². The number of likely N-dealkylation sites (tertiary alicyclic amines) is 1. The first-order chi connectivity index (χ1) is 28.7. The molecule has 2 fully saturated rings. The van der Waals surface area contributed by atoms with E-state index >= 15 is 4.39 Å². The Balaban J connectivity index is 1.09. The minimum atomic E-state index is -0.899. The predicted octanol–water partition coefficient (Wildman–Crippen LogP) is 7.23. The second-order valence-electron chi connectivity index (χ2n) is 17.1. The molecule has 7 rings (SSSR count). The molecule has 4 aromatic rings. The summed E-state index contributed by atoms with van der Waals surface area (Å²) in [4.78, 5) is 64.3. The second-order valence-corrected chi connectivity index (χ2v) is 17.1. The molecule has 0 radical (unpaired) electrons. The Morgan fingerprint density at radius 3 is 2.42 bits per heavy atom. The molecule has 4 heterocycles. The second kappa shape index (κ2) is 17.8. The molecule has 3 aromatic carbocycles. The van der Waals surface area contributed by atoms with Crippen LogP contribution in [-0.4, -0.2) is 87.7 Å². The molecular weight excluding hydrogens is 771 g/mol. The first-order valence-electron chi connectivity index (χ1n) is 20.8. The summed E-state index contributed by atoms with van der Waals surface area (Å²) in [6.07, 6.45) is 4.61. The van der Waals surface area contributed by atoms with Gasteiger partial charge in [0.25, 0.3) is 0 Å². The van der Waals surface area contributed by atoms with E-state index < -0.39 is 47.1 Å². The van der Waals surface area contributed by atoms with Crippen molar-refractivity contribution in [2.24, 2.45) is 11.8 Å². The summed E-state index contributed by atoms with van der Waals surface area (Å²) < 4.78 is 42.5. The quantitative estimate of drug-likeness (QED) is 0.166. The number of hydrogen-bond acceptors (Lipinski definition) is 8. The van der Waals surface area contributed by atoms with E-state index in [0.717, 1.165) is 40.1 Å². The van der Waals surface area contributed by atoms with Gasteiger partial charge in [-0.3, -0.25) is 19.7 Å². The number of amides is 3. The molecule has 3 aliphatic heterocycles. The van der Waals surface area contributed by atoms with Crippen molar-refractivity contribution in [2.75, 3.05) is 43.0 Å². The fourth-order valence-electron chi connectivity index (χ4n) is 8.69. The van der Waals surface area contributed by atoms with E-state index in [4.69, 9.17) is 9.47 Å². The maximum Gasteiger partial charge on any atom is 0.410 e. The summed E-state index contributed by atoms with van der Waals surface area (Å²) >= 11 is 0. The number of hydrogen-bond donors (Lipinski definition) is 1. The van der Waals surface area contributed by atoms with Gasteiger partial charge in [0.2, 0.25) is 17.8 Å². The van der Waals surface area contributed by atoms with Gasteiger partial charge in [-0.05, 0) is 93.8 Å². The van der Waals surface area contributed by atoms with E-state index in [1.165, 1.54) is 6.07 Å². The Morgan fingerprint density at radius 1 is 0.950 bits per heavy atom. The molecule has 3 amide bonds. The Morgan fingerprint density at radius 2 is 1.70 bits per heavy atom. The lowest BCUT2D eigenvalue weighted by atomic mass is 9.88. The number of aromatic nitrogens is 2. The maximum absolute atomic E-state index is 15.5. The number of nitrogens with one attached hydrogen (secondary N) is 1. The number of ether oxygens (including phenoxy) is 2. The van der Waals surface area contributed by atoms with Gasteiger partial charge in [-0.15, -0.1) is 0 Å². The Bertz CT molecular complexity index is 2230. The highest BCUT2D eigenvalue weighted by Gasteiger charge is 2.43. The van der Waals surface area contributed by atoms with Crippen molar-refractivity contribution in [3.05, 3.63) is 113 Å². The molecule has 1 N–H and O–H groups in total. The topological polar surface area (TPSA) is 126 Å². The van der Waals surface area contributed by atoms with Crippen molar-refractivity contribution >= 4 is 35.5 Å². The highest BCUT2D eigenvalue weighted by Crippen LogP contribution is 2.37. The SMILES string of the molecule is CCOC(=O)C1CCN(c2cc(C)ccc2Cn2ccnc2NC(=O)[C@@H]2CN(C(=O)C[C@@H]3Cc4ccccc4CN3C(=O)OC(C)(C)C)C[C@H]2c2ccc(F)cc2F)CC1. The van der Waals surface area contributed by atoms with Crippen molar-refractivity contribution in [3.63, 3.8) is 0 Å². The molecule has 3 aliphatic rings. The number of nitrogens with zero attached hydrogens (tertiary/aromatic N) is 5. The van der Waals surface area contributed by atoms with Crippen LogP contribution < -0.4 is 10.2 Å². The van der Waals surface area contributed by atoms with Crippen LogP contribution in [0.3, 0.4) is 0 Å². The average molecular weight is 825 g/mol. The number of rotatable bonds is 10. The number of benzene rings is 3. The fraction of sp³-hybridized carbons (Fsp3) is 0.457. The molecule has 2 saturated heterocycles. The molecule has 0 saturated carbocycles. The lowest BCUT2D eigenvalue weighted by molar-refractivity contribution is -0.148. The van der Waals surface area contributed by atoms with Gasteiger partial charge in [-0.25, -0.2) is 18.6 Å². The third-order valence-corrected chi connectivity index (χ3v) is 11.8. The number of halogens is 2. The highest BCUT2D eigenvalue weighted by molar-refractivity contribution is 5.93. The zero-order valence-corrected chi connectivity index (χ0v) is 35.0. The zero-order chi connectivity index (χ0) is 42.7. The van der Waals surface area contributed by atoms with E-state index in [-0.39, 0.29) is 55.4 Å². The van der Waals surface area contributed by atoms with Gasteiger partial charge in [-0.2, -0.15) is 0 Å². The van der Waals surface area contributed by atoms with Gasteiger partial charge in [0, 0.05) is 75.3 Å². The minimum Gasteiger partial charge on any atom is -0.466 e. The molecule has 12 nitrogen and oxygen atoms in total. The van der Waals surface area contributed by atoms with Gasteiger partial charge >= 0.3 is 12.1 Å². The van der Waals surface area contributed by atoms with E-state index in [1.54, 1.807) is 43.0 Å². The number of carbonyl (C=O) groups excluding carboxylic acids is 4. The fourth-order valence-corrected chi connectivity index (χ4v) is 8.69. The maximum atomic E-state index is 15.5. The summed E-state index contributed by atoms with van der Waals surface area (Å²) in [6, 6.07) is 16.8. The number of carbonyl (C=O) groups is 4. The summed E-state index contributed by atoms with van der Waals surface area (Å²) in [5.41, 5.74) is 4.52. The molecule has 318 valence electrons. The lowest BCUT2D eigenvalue weighted by Crippen LogP contribution is -2.48. The van der Waals surface area contributed by atoms with E-state index in [9.17, 15) is 23.6 Å². The number of esters is 1. The third-order valence-electron chi connectivity index (χ3n) is 11.8. The van der Waals surface area contributed by atoms with E-state index in [1.807, 2.05) is 48.7 Å². The number of aryl methyl sites for hydroxylation is 1. The smallest absolute Gasteiger partial charge is 0.410 e. The Labute approximate surface area is 349 Å². The zero-order valence-electron chi connectivity index (χ0n) is 35.0. The van der Waals surface area contributed by atoms with Crippen LogP contribution in [0.5, 0.6) is 0 Å². The average Bonchev–Trinajstić information content (AvgIpc) is 3.85. The minimum absolute atomic E-state index is 0.0171. The molecule has 1 aromatic heterocycles. The van der Waals surface area contributed by atoms with Crippen LogP contribution in [0.2, 0.25) is 0 Å². The van der Waals surface area contributed by atoms with Crippen LogP contribution in [0, 0.1) is 30.4 Å². The van der Waals surface area contributed by atoms with Gasteiger partial charge in [-0.1, -0.05) is 42.5 Å². The van der Waals surface area contributed by atoms with Crippen molar-refractivity contribution in [1.82, 2.24) is 19.4 Å². The molecule has 0 bridgehead atoms. The monoisotopic (exact) mass is 824 g/mol. The molecule has 14 heteroatoms. The summed E-state index contributed by atoms with van der Waals surface area (Å²) in [5.74, 6) is -3.98. The molecule has 60 heavy (non-hydrogen) atoms. The van der Waals surface area contributed by atoms with Crippen LogP contribution in [0.25, 0.3) is 0 Å². The largest absolute Gasteiger partial charge is 0.466 e. The van der Waals surface area contributed by atoms with Gasteiger partial charge in [0.05, 0.1) is 25.0 Å². The van der Waals surface area contributed by atoms with Crippen LogP contribution in [0.1, 0.15) is 80.7 Å². The third kappa shape index (κ3) is 9.63. The normalized spacial score (nSPS) is 19.5. The van der Waals surface area contributed by atoms with E-state index in [0.29, 0.717) is 45.5 Å². The Kier molecular flexibility index (Phi) is 12.6. The van der Waals surface area contributed by atoms with Crippen LogP contribution in [0.15, 0.2) is 73.1 Å². The van der Waals surface area contributed by atoms with Crippen molar-refractivity contribution < 1.29 is 37.4 Å². The number of anilines is 2. The van der Waals surface area contributed by atoms with Crippen molar-refractivity contribution in [2.45, 2.75) is 91.0 Å². The highest BCUT2D eigenvalue weighted by atomic mass is 19.1. The van der Waals surface area contributed by atoms with Crippen molar-refractivity contribution in [3.8, 4) is 0 Å². The van der Waals surface area contributed by atoms with Crippen LogP contribution in [-0.2, 0) is 43.4 Å². The predicted molar refractivity (Wildman–Crippen MR) is 222 cm³/mol. The van der Waals surface area contributed by atoms with Gasteiger partial charge < -0.3 is 28.7 Å². The molecule has 3 atom stereocenters. The van der Waals surface area contributed by atoms with Crippen LogP contribution >= 0.6 is 0 Å². The van der Waals surface area contributed by atoms with Gasteiger partial charge in [0.15, 0.2) is 0 Å². The molecule has 0 unspecified atom stereocenters. The summed E-state index contributed by atoms with van der Waals surface area (Å²) in [6.45, 7) is 11.6. The molecular formula is C46H54F2N6O6. The molecule has 0 spiro atoms. The molecule has 0 aliphatic carbocycles. The van der Waals surface area contributed by atoms with Crippen LogP contribution in [0.4, 0.5) is 25.2 Å². The number of piperidine rings is 1. The Hall–Kier alpha value is -5.79. The lowest BCUT2D eigenvalue weighted by Gasteiger charge is -2.38. The standard InChI is InChI=1S/C46H54F2N6O6/c1-6-59-43(57)30-15-18-51(19-16-30)40-21-29(2)11-12-33(40)25-52-20-17-49-44(52)50-42(56)38-28-53(27-37(38)36-14-13-34(47)23-39(36)48)41(55)24-35-22-31-9-7-8-10-32(31)26-54(35)45(58)60-46(3,4)5/h7-14,17,20-21,23,30,35,37-38H,6,15-16,18-19,22,24-28H2,1-5H3,(H,49,50,56)/t35-,37-,38+/m0/s1.